The van der Waals surface area contributed by atoms with Gasteiger partial charge in [0.25, 0.3) is 0 Å². The lowest BCUT2D eigenvalue weighted by atomic mass is 10.2. The highest BCUT2D eigenvalue weighted by molar-refractivity contribution is 5.50. The number of hydrogen-bond acceptors (Lipinski definition) is 7. The first-order valence-corrected chi connectivity index (χ1v) is 8.20. The molecule has 2 aromatic heterocycles. The predicted octanol–water partition coefficient (Wildman–Crippen LogP) is 1.69. The van der Waals surface area contributed by atoms with Gasteiger partial charge < -0.3 is 9.32 Å². The molecule has 10 heteroatoms. The van der Waals surface area contributed by atoms with Crippen LogP contribution in [0.25, 0.3) is 0 Å². The molecule has 4 rings (SSSR count). The number of halogens is 3. The topological polar surface area (TPSA) is 71.2 Å². The number of nitrogens with zero attached hydrogens (tertiary/aromatic N) is 6. The minimum Gasteiger partial charge on any atom is -0.416 e. The molecule has 0 bridgehead atoms. The van der Waals surface area contributed by atoms with Gasteiger partial charge in [-0.15, -0.1) is 10.2 Å². The number of rotatable bonds is 3. The number of aromatic nitrogens is 4. The van der Waals surface area contributed by atoms with E-state index in [1.165, 1.54) is 5.56 Å². The summed E-state index contributed by atoms with van der Waals surface area (Å²) in [7, 11) is 0. The maximum Gasteiger partial charge on any atom is 0.470 e. The third kappa shape index (κ3) is 3.30. The predicted molar refractivity (Wildman–Crippen MR) is 80.8 cm³/mol. The van der Waals surface area contributed by atoms with E-state index in [0.717, 1.165) is 43.9 Å². The maximum absolute atomic E-state index is 12.5. The summed E-state index contributed by atoms with van der Waals surface area (Å²) in [5, 5.41) is 6.55. The zero-order chi connectivity index (χ0) is 17.4. The highest BCUT2D eigenvalue weighted by atomic mass is 19.4. The van der Waals surface area contributed by atoms with Gasteiger partial charge in [0.15, 0.2) is 0 Å². The minimum atomic E-state index is -4.60. The van der Waals surface area contributed by atoms with E-state index < -0.39 is 12.1 Å². The van der Waals surface area contributed by atoms with Crippen molar-refractivity contribution in [2.75, 3.05) is 31.1 Å². The fraction of sp³-hybridized carbons (Fsp3) is 0.600. The molecule has 0 unspecified atom stereocenters. The van der Waals surface area contributed by atoms with Crippen LogP contribution in [0.4, 0.5) is 19.0 Å². The van der Waals surface area contributed by atoms with Crippen molar-refractivity contribution in [2.45, 2.75) is 32.0 Å². The smallest absolute Gasteiger partial charge is 0.416 e. The molecule has 1 aliphatic carbocycles. The Morgan fingerprint density at radius 1 is 1.04 bits per heavy atom. The lowest BCUT2D eigenvalue weighted by Crippen LogP contribution is -2.46. The highest BCUT2D eigenvalue weighted by Crippen LogP contribution is 2.29. The van der Waals surface area contributed by atoms with Gasteiger partial charge in [0.1, 0.15) is 12.1 Å². The van der Waals surface area contributed by atoms with Crippen molar-refractivity contribution < 1.29 is 17.6 Å². The van der Waals surface area contributed by atoms with E-state index in [0.29, 0.717) is 13.1 Å². The molecule has 0 atom stereocenters. The van der Waals surface area contributed by atoms with E-state index in [4.69, 9.17) is 4.42 Å². The summed E-state index contributed by atoms with van der Waals surface area (Å²) in [6.07, 6.45) is 0.136. The second-order valence-corrected chi connectivity index (χ2v) is 6.24. The number of alkyl halides is 3. The summed E-state index contributed by atoms with van der Waals surface area (Å²) < 4.78 is 42.2. The molecule has 0 amide bonds. The lowest BCUT2D eigenvalue weighted by Gasteiger charge is -2.35. The van der Waals surface area contributed by atoms with Gasteiger partial charge in [-0.3, -0.25) is 4.90 Å². The van der Waals surface area contributed by atoms with Crippen molar-refractivity contribution in [1.82, 2.24) is 25.1 Å². The van der Waals surface area contributed by atoms with Crippen LogP contribution >= 0.6 is 0 Å². The van der Waals surface area contributed by atoms with E-state index in [-0.39, 0.29) is 12.4 Å². The zero-order valence-corrected chi connectivity index (χ0v) is 13.5. The SMILES string of the molecule is FC(F)(F)c1nnc(CN2CCN(c3ncnc4c3CCC4)CC2)o1. The van der Waals surface area contributed by atoms with Crippen LogP contribution in [0.2, 0.25) is 0 Å². The summed E-state index contributed by atoms with van der Waals surface area (Å²) in [5.74, 6) is -0.305. The molecular weight excluding hydrogens is 337 g/mol. The van der Waals surface area contributed by atoms with E-state index in [1.54, 1.807) is 6.33 Å². The van der Waals surface area contributed by atoms with Crippen LogP contribution in [0.1, 0.15) is 29.5 Å². The Balaban J connectivity index is 1.38. The molecule has 0 spiro atoms. The Morgan fingerprint density at radius 2 is 1.84 bits per heavy atom. The Labute approximate surface area is 141 Å². The summed E-state index contributed by atoms with van der Waals surface area (Å²) in [4.78, 5) is 13.0. The maximum atomic E-state index is 12.5. The largest absolute Gasteiger partial charge is 0.470 e. The van der Waals surface area contributed by atoms with Gasteiger partial charge in [0, 0.05) is 37.4 Å². The van der Waals surface area contributed by atoms with Crippen molar-refractivity contribution >= 4 is 5.82 Å². The second-order valence-electron chi connectivity index (χ2n) is 6.24. The third-order valence-electron chi connectivity index (χ3n) is 4.59. The fourth-order valence-corrected chi connectivity index (χ4v) is 3.36. The van der Waals surface area contributed by atoms with Crippen LogP contribution in [-0.2, 0) is 25.6 Å². The molecule has 0 N–H and O–H groups in total. The van der Waals surface area contributed by atoms with Crippen molar-refractivity contribution in [3.8, 4) is 0 Å². The van der Waals surface area contributed by atoms with Crippen LogP contribution in [0.3, 0.4) is 0 Å². The molecule has 2 aliphatic rings. The van der Waals surface area contributed by atoms with Crippen LogP contribution in [0, 0.1) is 0 Å². The van der Waals surface area contributed by atoms with Crippen molar-refractivity contribution in [3.05, 3.63) is 29.4 Å². The van der Waals surface area contributed by atoms with E-state index in [2.05, 4.69) is 25.1 Å². The van der Waals surface area contributed by atoms with Crippen LogP contribution in [0.15, 0.2) is 10.7 Å². The molecule has 7 nitrogen and oxygen atoms in total. The third-order valence-corrected chi connectivity index (χ3v) is 4.59. The summed E-state index contributed by atoms with van der Waals surface area (Å²) in [6, 6.07) is 0. The molecule has 1 saturated heterocycles. The highest BCUT2D eigenvalue weighted by Gasteiger charge is 2.38. The van der Waals surface area contributed by atoms with Gasteiger partial charge in [-0.25, -0.2) is 9.97 Å². The van der Waals surface area contributed by atoms with E-state index in [9.17, 15) is 13.2 Å². The van der Waals surface area contributed by atoms with Gasteiger partial charge in [0.2, 0.25) is 5.89 Å². The average Bonchev–Trinajstić information content (AvgIpc) is 3.23. The number of piperazine rings is 1. The van der Waals surface area contributed by atoms with Gasteiger partial charge in [0.05, 0.1) is 6.54 Å². The average molecular weight is 354 g/mol. The van der Waals surface area contributed by atoms with Gasteiger partial charge >= 0.3 is 12.1 Å². The van der Waals surface area contributed by atoms with Crippen LogP contribution in [-0.4, -0.2) is 51.2 Å². The fourth-order valence-electron chi connectivity index (χ4n) is 3.36. The second kappa shape index (κ2) is 6.25. The number of anilines is 1. The molecule has 0 saturated carbocycles. The minimum absolute atomic E-state index is 0.0105. The molecule has 1 fully saturated rings. The van der Waals surface area contributed by atoms with E-state index >= 15 is 0 Å². The van der Waals surface area contributed by atoms with Gasteiger partial charge in [-0.05, 0) is 19.3 Å². The van der Waals surface area contributed by atoms with Crippen molar-refractivity contribution in [1.29, 1.82) is 0 Å². The Kier molecular flexibility index (Phi) is 4.06. The van der Waals surface area contributed by atoms with E-state index in [1.807, 2.05) is 4.90 Å². The monoisotopic (exact) mass is 354 g/mol. The first-order valence-electron chi connectivity index (χ1n) is 8.20. The molecular formula is C15H17F3N6O. The van der Waals surface area contributed by atoms with Gasteiger partial charge in [-0.1, -0.05) is 0 Å². The van der Waals surface area contributed by atoms with Crippen molar-refractivity contribution in [3.63, 3.8) is 0 Å². The molecule has 2 aromatic rings. The number of aryl methyl sites for hydroxylation is 1. The standard InChI is InChI=1S/C15H17F3N6O/c16-15(17,18)14-22-21-12(25-14)8-23-4-6-24(7-5-23)13-10-2-1-3-11(10)19-9-20-13/h9H,1-8H2. The van der Waals surface area contributed by atoms with Crippen LogP contribution < -0.4 is 4.90 Å². The Bertz CT molecular complexity index is 754. The first kappa shape index (κ1) is 16.2. The quantitative estimate of drug-likeness (QED) is 0.831. The Hall–Kier alpha value is -2.23. The van der Waals surface area contributed by atoms with Gasteiger partial charge in [-0.2, -0.15) is 13.2 Å². The molecule has 3 heterocycles. The molecule has 0 radical (unpaired) electrons. The number of fused-ring (bicyclic) bond motifs is 1. The molecule has 0 aromatic carbocycles. The molecule has 25 heavy (non-hydrogen) atoms. The number of hydrogen-bond donors (Lipinski definition) is 0. The first-order chi connectivity index (χ1) is 12.0. The lowest BCUT2D eigenvalue weighted by molar-refractivity contribution is -0.157. The summed E-state index contributed by atoms with van der Waals surface area (Å²) in [5.41, 5.74) is 2.38. The van der Waals surface area contributed by atoms with Crippen LogP contribution in [0.5, 0.6) is 0 Å². The normalized spacial score (nSPS) is 18.6. The molecule has 134 valence electrons. The molecule has 1 aliphatic heterocycles. The Morgan fingerprint density at radius 3 is 2.56 bits per heavy atom. The van der Waals surface area contributed by atoms with Crippen molar-refractivity contribution in [2.24, 2.45) is 0 Å². The summed E-state index contributed by atoms with van der Waals surface area (Å²) in [6.45, 7) is 3.12. The zero-order valence-electron chi connectivity index (χ0n) is 13.5. The summed E-state index contributed by atoms with van der Waals surface area (Å²) >= 11 is 0.